The third kappa shape index (κ3) is 3.46. The first-order valence-corrected chi connectivity index (χ1v) is 11.4. The molecule has 3 aromatic rings. The van der Waals surface area contributed by atoms with Gasteiger partial charge in [0.25, 0.3) is 5.56 Å². The lowest BCUT2D eigenvalue weighted by Crippen LogP contribution is -2.42. The molecule has 8 heteroatoms. The van der Waals surface area contributed by atoms with Crippen molar-refractivity contribution in [2.45, 2.75) is 19.4 Å². The number of H-pyrrole nitrogens is 1. The molecule has 1 aliphatic rings. The Bertz CT molecular complexity index is 1300. The van der Waals surface area contributed by atoms with E-state index in [0.717, 1.165) is 22.1 Å². The van der Waals surface area contributed by atoms with Gasteiger partial charge in [-0.25, -0.2) is 8.42 Å². The number of aryl methyl sites for hydroxylation is 1. The maximum absolute atomic E-state index is 13.0. The number of aromatic amines is 1. The minimum Gasteiger partial charge on any atom is -0.493 e. The predicted octanol–water partition coefficient (Wildman–Crippen LogP) is 2.76. The van der Waals surface area contributed by atoms with Crippen molar-refractivity contribution in [1.82, 2.24) is 9.29 Å². The molecule has 30 heavy (non-hydrogen) atoms. The van der Waals surface area contributed by atoms with Crippen LogP contribution in [0.1, 0.15) is 28.3 Å². The van der Waals surface area contributed by atoms with Gasteiger partial charge in [0, 0.05) is 17.6 Å². The summed E-state index contributed by atoms with van der Waals surface area (Å²) in [6, 6.07) is 10.4. The molecule has 7 nitrogen and oxygen atoms in total. The molecule has 4 rings (SSSR count). The topological polar surface area (TPSA) is 88.7 Å². The summed E-state index contributed by atoms with van der Waals surface area (Å²) in [6.45, 7) is 2.25. The van der Waals surface area contributed by atoms with Crippen LogP contribution in [0.25, 0.3) is 10.9 Å². The molecule has 0 aliphatic carbocycles. The quantitative estimate of drug-likeness (QED) is 0.690. The zero-order valence-electron chi connectivity index (χ0n) is 17.4. The Kier molecular flexibility index (Phi) is 5.07. The third-order valence-electron chi connectivity index (χ3n) is 5.58. The number of benzene rings is 2. The first kappa shape index (κ1) is 20.4. The Balaban J connectivity index is 2.01. The minimum atomic E-state index is -3.57. The Morgan fingerprint density at radius 2 is 1.73 bits per heavy atom. The van der Waals surface area contributed by atoms with E-state index in [0.29, 0.717) is 29.0 Å². The van der Waals surface area contributed by atoms with Crippen LogP contribution in [0.3, 0.4) is 0 Å². The normalized spacial score (nSPS) is 17.0. The fraction of sp³-hybridized carbons (Fsp3) is 0.318. The van der Waals surface area contributed by atoms with Gasteiger partial charge in [-0.05, 0) is 60.2 Å². The van der Waals surface area contributed by atoms with E-state index in [2.05, 4.69) is 4.98 Å². The number of nitrogens with one attached hydrogen (secondary N) is 1. The molecule has 1 atom stereocenters. The van der Waals surface area contributed by atoms with Crippen molar-refractivity contribution in [3.8, 4) is 11.5 Å². The molecule has 0 spiro atoms. The van der Waals surface area contributed by atoms with Crippen molar-refractivity contribution in [3.63, 3.8) is 0 Å². The smallest absolute Gasteiger partial charge is 0.253 e. The molecule has 2 aromatic carbocycles. The van der Waals surface area contributed by atoms with Crippen molar-refractivity contribution < 1.29 is 17.9 Å². The molecule has 1 aromatic heterocycles. The summed E-state index contributed by atoms with van der Waals surface area (Å²) < 4.78 is 37.5. The molecule has 1 aliphatic heterocycles. The number of rotatable bonds is 4. The standard InChI is InChI=1S/C22H24N2O5S/c1-13-5-6-18-15(9-13)10-17(22(25)23-18)21-16-12-20(29-3)19(28-2)11-14(16)7-8-24(21)30(4,26)27/h5-6,9-12,21H,7-8H2,1-4H3,(H,23,25)/t21-/m1/s1. The van der Waals surface area contributed by atoms with Gasteiger partial charge < -0.3 is 14.5 Å². The second-order valence-corrected chi connectivity index (χ2v) is 9.51. The highest BCUT2D eigenvalue weighted by atomic mass is 32.2. The highest BCUT2D eigenvalue weighted by Gasteiger charge is 2.37. The van der Waals surface area contributed by atoms with Crippen LogP contribution >= 0.6 is 0 Å². The number of sulfonamides is 1. The number of nitrogens with zero attached hydrogens (tertiary/aromatic N) is 1. The molecular formula is C22H24N2O5S. The predicted molar refractivity (Wildman–Crippen MR) is 116 cm³/mol. The van der Waals surface area contributed by atoms with Crippen molar-refractivity contribution in [1.29, 1.82) is 0 Å². The Hall–Kier alpha value is -2.84. The van der Waals surface area contributed by atoms with E-state index in [1.807, 2.05) is 31.2 Å². The number of fused-ring (bicyclic) bond motifs is 2. The minimum absolute atomic E-state index is 0.275. The number of hydrogen-bond donors (Lipinski definition) is 1. The lowest BCUT2D eigenvalue weighted by Gasteiger charge is -2.36. The average Bonchev–Trinajstić information content (AvgIpc) is 2.71. The Labute approximate surface area is 175 Å². The highest BCUT2D eigenvalue weighted by molar-refractivity contribution is 7.88. The van der Waals surface area contributed by atoms with E-state index >= 15 is 0 Å². The molecule has 0 bridgehead atoms. The maximum Gasteiger partial charge on any atom is 0.253 e. The van der Waals surface area contributed by atoms with Crippen molar-refractivity contribution in [3.05, 3.63) is 69.0 Å². The zero-order valence-corrected chi connectivity index (χ0v) is 18.2. The van der Waals surface area contributed by atoms with E-state index in [1.54, 1.807) is 19.2 Å². The fourth-order valence-corrected chi connectivity index (χ4v) is 5.18. The summed E-state index contributed by atoms with van der Waals surface area (Å²) in [5.74, 6) is 1.07. The van der Waals surface area contributed by atoms with Crippen LogP contribution in [0.4, 0.5) is 0 Å². The van der Waals surface area contributed by atoms with Crippen LogP contribution < -0.4 is 15.0 Å². The summed E-state index contributed by atoms with van der Waals surface area (Å²) in [5.41, 5.74) is 3.49. The molecule has 0 amide bonds. The average molecular weight is 429 g/mol. The van der Waals surface area contributed by atoms with E-state index < -0.39 is 16.1 Å². The summed E-state index contributed by atoms with van der Waals surface area (Å²) in [4.78, 5) is 15.9. The summed E-state index contributed by atoms with van der Waals surface area (Å²) in [7, 11) is -0.482. The lowest BCUT2D eigenvalue weighted by atomic mass is 9.89. The third-order valence-corrected chi connectivity index (χ3v) is 6.82. The van der Waals surface area contributed by atoms with Crippen LogP contribution in [-0.2, 0) is 16.4 Å². The van der Waals surface area contributed by atoms with Gasteiger partial charge in [0.05, 0.1) is 26.5 Å². The molecule has 158 valence electrons. The molecule has 1 N–H and O–H groups in total. The van der Waals surface area contributed by atoms with Gasteiger partial charge in [-0.3, -0.25) is 4.79 Å². The number of methoxy groups -OCH3 is 2. The van der Waals surface area contributed by atoms with Crippen LogP contribution in [0.5, 0.6) is 11.5 Å². The highest BCUT2D eigenvalue weighted by Crippen LogP contribution is 2.41. The first-order valence-electron chi connectivity index (χ1n) is 9.58. The van der Waals surface area contributed by atoms with Crippen LogP contribution in [-0.4, -0.2) is 44.7 Å². The zero-order chi connectivity index (χ0) is 21.6. The second kappa shape index (κ2) is 7.45. The maximum atomic E-state index is 13.0. The van der Waals surface area contributed by atoms with E-state index in [1.165, 1.54) is 17.7 Å². The van der Waals surface area contributed by atoms with Gasteiger partial charge in [0.1, 0.15) is 0 Å². The lowest BCUT2D eigenvalue weighted by molar-refractivity contribution is 0.332. The van der Waals surface area contributed by atoms with E-state index in [4.69, 9.17) is 9.47 Å². The number of aromatic nitrogens is 1. The fourth-order valence-electron chi connectivity index (χ4n) is 4.15. The molecule has 2 heterocycles. The molecule has 0 fully saturated rings. The van der Waals surface area contributed by atoms with E-state index in [9.17, 15) is 13.2 Å². The number of hydrogen-bond acceptors (Lipinski definition) is 5. The van der Waals surface area contributed by atoms with Gasteiger partial charge in [-0.15, -0.1) is 0 Å². The summed E-state index contributed by atoms with van der Waals surface area (Å²) in [5, 5.41) is 0.852. The number of ether oxygens (including phenoxy) is 2. The Morgan fingerprint density at radius 3 is 2.40 bits per heavy atom. The first-order chi connectivity index (χ1) is 14.2. The molecule has 0 radical (unpaired) electrons. The SMILES string of the molecule is COc1cc2c(cc1OC)[C@H](c1cc3cc(C)ccc3[nH]c1=O)N(S(C)(=O)=O)CC2. The van der Waals surface area contributed by atoms with Gasteiger partial charge in [0.2, 0.25) is 10.0 Å². The largest absolute Gasteiger partial charge is 0.493 e. The molecule has 0 saturated heterocycles. The Morgan fingerprint density at radius 1 is 1.03 bits per heavy atom. The van der Waals surface area contributed by atoms with Crippen molar-refractivity contribution in [2.24, 2.45) is 0 Å². The molecule has 0 unspecified atom stereocenters. The molecule has 0 saturated carbocycles. The summed E-state index contributed by atoms with van der Waals surface area (Å²) in [6.07, 6.45) is 1.69. The van der Waals surface area contributed by atoms with Gasteiger partial charge >= 0.3 is 0 Å². The van der Waals surface area contributed by atoms with E-state index in [-0.39, 0.29) is 12.1 Å². The number of pyridine rings is 1. The van der Waals surface area contributed by atoms with Gasteiger partial charge in [0.15, 0.2) is 11.5 Å². The molecular weight excluding hydrogens is 404 g/mol. The van der Waals surface area contributed by atoms with Crippen molar-refractivity contribution >= 4 is 20.9 Å². The van der Waals surface area contributed by atoms with Gasteiger partial charge in [-0.2, -0.15) is 4.31 Å². The second-order valence-electron chi connectivity index (χ2n) is 7.58. The van der Waals surface area contributed by atoms with Crippen LogP contribution in [0.15, 0.2) is 41.2 Å². The summed E-state index contributed by atoms with van der Waals surface area (Å²) >= 11 is 0. The van der Waals surface area contributed by atoms with Gasteiger partial charge in [-0.1, -0.05) is 11.6 Å². The van der Waals surface area contributed by atoms with Crippen LogP contribution in [0, 0.1) is 6.92 Å². The monoisotopic (exact) mass is 428 g/mol. The van der Waals surface area contributed by atoms with Crippen LogP contribution in [0.2, 0.25) is 0 Å². The van der Waals surface area contributed by atoms with Crippen molar-refractivity contribution in [2.75, 3.05) is 27.0 Å².